The Kier molecular flexibility index (Phi) is 2.81. The van der Waals surface area contributed by atoms with Crippen LogP contribution in [0.4, 0.5) is 0 Å². The Hall–Kier alpha value is -1.44. The van der Waals surface area contributed by atoms with Crippen molar-refractivity contribution in [2.24, 2.45) is 4.40 Å². The second-order valence-electron chi connectivity index (χ2n) is 3.92. The number of rotatable bonds is 1. The molecule has 1 unspecified atom stereocenters. The Morgan fingerprint density at radius 3 is 2.83 bits per heavy atom. The fraction of sp³-hybridized carbons (Fsp3) is 0.364. The third kappa shape index (κ3) is 2.12. The first-order valence-corrected chi connectivity index (χ1v) is 6.85. The van der Waals surface area contributed by atoms with Crippen molar-refractivity contribution in [3.8, 4) is 5.75 Å². The second-order valence-corrected chi connectivity index (χ2v) is 5.12. The lowest BCUT2D eigenvalue weighted by Gasteiger charge is -2.26. The van der Waals surface area contributed by atoms with E-state index in [1.807, 2.05) is 0 Å². The molecule has 2 heterocycles. The van der Waals surface area contributed by atoms with E-state index in [2.05, 4.69) is 4.40 Å². The Balaban J connectivity index is 2.07. The molecule has 1 aromatic carbocycles. The third-order valence-corrected chi connectivity index (χ3v) is 3.50. The lowest BCUT2D eigenvalue weighted by Crippen LogP contribution is -2.38. The number of fused-ring (bicyclic) bond motifs is 1. The topological polar surface area (TPSA) is 74.2 Å². The summed E-state index contributed by atoms with van der Waals surface area (Å²) in [5, 5.41) is 0. The molecule has 18 heavy (non-hydrogen) atoms. The Morgan fingerprint density at radius 2 is 2.06 bits per heavy atom. The summed E-state index contributed by atoms with van der Waals surface area (Å²) >= 11 is 0. The van der Waals surface area contributed by atoms with Gasteiger partial charge in [-0.25, -0.2) is 0 Å². The van der Waals surface area contributed by atoms with Crippen LogP contribution in [0.5, 0.6) is 5.75 Å². The van der Waals surface area contributed by atoms with Gasteiger partial charge in [-0.1, -0.05) is 12.1 Å². The summed E-state index contributed by atoms with van der Waals surface area (Å²) in [7, 11) is -3.94. The van der Waals surface area contributed by atoms with Gasteiger partial charge in [-0.15, -0.1) is 4.40 Å². The monoisotopic (exact) mass is 269 g/mol. The van der Waals surface area contributed by atoms with Crippen LogP contribution in [0.2, 0.25) is 0 Å². The molecule has 7 heteroatoms. The first-order chi connectivity index (χ1) is 8.66. The van der Waals surface area contributed by atoms with Gasteiger partial charge in [0.2, 0.25) is 0 Å². The van der Waals surface area contributed by atoms with Gasteiger partial charge in [0.1, 0.15) is 6.10 Å². The van der Waals surface area contributed by atoms with Crippen LogP contribution >= 0.6 is 0 Å². The average Bonchev–Trinajstić information content (AvgIpc) is 2.38. The van der Waals surface area contributed by atoms with E-state index in [1.165, 1.54) is 0 Å². The standard InChI is InChI=1S/C11H11NO5S/c13-18(14)12-11(10-7-15-5-6-16-10)8-3-1-2-4-9(8)17-18/h1-4,10H,5-7H2. The molecule has 1 aromatic rings. The van der Waals surface area contributed by atoms with Crippen LogP contribution in [0, 0.1) is 0 Å². The maximum atomic E-state index is 11.6. The molecule has 0 amide bonds. The van der Waals surface area contributed by atoms with Crippen molar-refractivity contribution in [1.29, 1.82) is 0 Å². The number of nitrogens with zero attached hydrogens (tertiary/aromatic N) is 1. The summed E-state index contributed by atoms with van der Waals surface area (Å²) in [5.74, 6) is 0.275. The molecule has 0 N–H and O–H groups in total. The van der Waals surface area contributed by atoms with E-state index in [0.29, 0.717) is 31.1 Å². The van der Waals surface area contributed by atoms with Crippen LogP contribution in [0.1, 0.15) is 5.56 Å². The van der Waals surface area contributed by atoms with E-state index in [0.717, 1.165) is 0 Å². The van der Waals surface area contributed by atoms with Crippen molar-refractivity contribution < 1.29 is 22.1 Å². The fourth-order valence-electron chi connectivity index (χ4n) is 1.93. The molecule has 0 aliphatic carbocycles. The van der Waals surface area contributed by atoms with E-state index in [1.54, 1.807) is 24.3 Å². The van der Waals surface area contributed by atoms with E-state index >= 15 is 0 Å². The first-order valence-electron chi connectivity index (χ1n) is 5.49. The van der Waals surface area contributed by atoms with Crippen molar-refractivity contribution in [2.45, 2.75) is 6.10 Å². The summed E-state index contributed by atoms with van der Waals surface area (Å²) in [6.45, 7) is 1.23. The molecule has 1 fully saturated rings. The predicted molar refractivity (Wildman–Crippen MR) is 63.1 cm³/mol. The molecule has 6 nitrogen and oxygen atoms in total. The maximum Gasteiger partial charge on any atom is 0.428 e. The highest BCUT2D eigenvalue weighted by atomic mass is 32.2. The quantitative estimate of drug-likeness (QED) is 0.743. The van der Waals surface area contributed by atoms with Gasteiger partial charge in [0.25, 0.3) is 0 Å². The van der Waals surface area contributed by atoms with Gasteiger partial charge in [0, 0.05) is 5.56 Å². The number of para-hydroxylation sites is 1. The molecule has 0 aromatic heterocycles. The average molecular weight is 269 g/mol. The van der Waals surface area contributed by atoms with Crippen LogP contribution in [-0.2, 0) is 19.8 Å². The highest BCUT2D eigenvalue weighted by Crippen LogP contribution is 2.28. The van der Waals surface area contributed by atoms with E-state index < -0.39 is 16.4 Å². The van der Waals surface area contributed by atoms with E-state index in [9.17, 15) is 8.42 Å². The Morgan fingerprint density at radius 1 is 1.22 bits per heavy atom. The molecule has 1 saturated heterocycles. The van der Waals surface area contributed by atoms with Gasteiger partial charge >= 0.3 is 10.3 Å². The zero-order chi connectivity index (χ0) is 12.6. The fourth-order valence-corrected chi connectivity index (χ4v) is 2.80. The minimum Gasteiger partial charge on any atom is -0.376 e. The molecule has 0 bridgehead atoms. The number of benzene rings is 1. The third-order valence-electron chi connectivity index (χ3n) is 2.69. The van der Waals surface area contributed by atoms with Crippen LogP contribution in [0.15, 0.2) is 28.7 Å². The Labute approximate surface area is 104 Å². The zero-order valence-corrected chi connectivity index (χ0v) is 10.2. The second kappa shape index (κ2) is 4.34. The first kappa shape index (κ1) is 11.6. The van der Waals surface area contributed by atoms with Gasteiger partial charge < -0.3 is 13.7 Å². The SMILES string of the molecule is O=S1(=O)N=C(C2COCCO2)c2ccccc2O1. The van der Waals surface area contributed by atoms with Gasteiger partial charge in [-0.05, 0) is 12.1 Å². The molecule has 2 aliphatic rings. The summed E-state index contributed by atoms with van der Waals surface area (Å²) < 4.78 is 42.4. The van der Waals surface area contributed by atoms with Crippen molar-refractivity contribution in [2.75, 3.05) is 19.8 Å². The van der Waals surface area contributed by atoms with E-state index in [4.69, 9.17) is 13.7 Å². The number of ether oxygens (including phenoxy) is 2. The predicted octanol–water partition coefficient (Wildman–Crippen LogP) is 0.528. The van der Waals surface area contributed by atoms with Gasteiger partial charge in [-0.3, -0.25) is 0 Å². The molecule has 0 radical (unpaired) electrons. The van der Waals surface area contributed by atoms with Crippen LogP contribution in [0.3, 0.4) is 0 Å². The molecule has 2 aliphatic heterocycles. The highest BCUT2D eigenvalue weighted by molar-refractivity contribution is 7.86. The molecular formula is C11H11NO5S. The minimum absolute atomic E-state index is 0.275. The molecular weight excluding hydrogens is 258 g/mol. The largest absolute Gasteiger partial charge is 0.428 e. The van der Waals surface area contributed by atoms with Gasteiger partial charge in [0.05, 0.1) is 25.5 Å². The van der Waals surface area contributed by atoms with Gasteiger partial charge in [0.15, 0.2) is 5.75 Å². The van der Waals surface area contributed by atoms with Crippen LogP contribution < -0.4 is 4.18 Å². The summed E-state index contributed by atoms with van der Waals surface area (Å²) in [5.41, 5.74) is 0.972. The highest BCUT2D eigenvalue weighted by Gasteiger charge is 2.31. The smallest absolute Gasteiger partial charge is 0.376 e. The van der Waals surface area contributed by atoms with Crippen molar-refractivity contribution in [1.82, 2.24) is 0 Å². The van der Waals surface area contributed by atoms with Gasteiger partial charge in [-0.2, -0.15) is 8.42 Å². The van der Waals surface area contributed by atoms with Crippen LogP contribution in [-0.4, -0.2) is 40.1 Å². The molecule has 96 valence electrons. The normalized spacial score (nSPS) is 25.8. The molecule has 0 spiro atoms. The molecule has 0 saturated carbocycles. The molecule has 1 atom stereocenters. The number of hydrogen-bond acceptors (Lipinski definition) is 5. The summed E-state index contributed by atoms with van der Waals surface area (Å²) in [4.78, 5) is 0. The Bertz CT molecular complexity index is 589. The van der Waals surface area contributed by atoms with Crippen LogP contribution in [0.25, 0.3) is 0 Å². The lowest BCUT2D eigenvalue weighted by molar-refractivity contribution is -0.0591. The minimum atomic E-state index is -3.94. The number of hydrogen-bond donors (Lipinski definition) is 0. The van der Waals surface area contributed by atoms with Crippen molar-refractivity contribution in [3.05, 3.63) is 29.8 Å². The summed E-state index contributed by atoms with van der Waals surface area (Å²) in [6, 6.07) is 6.83. The van der Waals surface area contributed by atoms with Crippen molar-refractivity contribution >= 4 is 16.0 Å². The summed E-state index contributed by atoms with van der Waals surface area (Å²) in [6.07, 6.45) is -0.474. The van der Waals surface area contributed by atoms with Crippen molar-refractivity contribution in [3.63, 3.8) is 0 Å². The lowest BCUT2D eigenvalue weighted by atomic mass is 10.0. The zero-order valence-electron chi connectivity index (χ0n) is 9.40. The van der Waals surface area contributed by atoms with E-state index in [-0.39, 0.29) is 5.75 Å². The molecule has 3 rings (SSSR count). The maximum absolute atomic E-state index is 11.6.